The Bertz CT molecular complexity index is 248. The summed E-state index contributed by atoms with van der Waals surface area (Å²) in [6.07, 6.45) is 0.828. The largest absolute Gasteiger partial charge is 0.333 e. The summed E-state index contributed by atoms with van der Waals surface area (Å²) in [5.74, 6) is -1.52. The van der Waals surface area contributed by atoms with Gasteiger partial charge in [0.15, 0.2) is 0 Å². The van der Waals surface area contributed by atoms with Crippen LogP contribution in [0, 0.1) is 0 Å². The Morgan fingerprint density at radius 3 is 2.43 bits per heavy atom. The van der Waals surface area contributed by atoms with Gasteiger partial charge in [-0.2, -0.15) is 0 Å². The summed E-state index contributed by atoms with van der Waals surface area (Å²) >= 11 is 0. The van der Waals surface area contributed by atoms with Gasteiger partial charge in [-0.3, -0.25) is 9.59 Å². The van der Waals surface area contributed by atoms with Gasteiger partial charge in [-0.1, -0.05) is 0 Å². The molecule has 0 unspecified atom stereocenters. The van der Waals surface area contributed by atoms with Gasteiger partial charge in [0.25, 0.3) is 11.8 Å². The van der Waals surface area contributed by atoms with Crippen LogP contribution in [0.5, 0.6) is 0 Å². The zero-order valence-electron chi connectivity index (χ0n) is 7.69. The molecule has 6 heteroatoms. The van der Waals surface area contributed by atoms with Crippen molar-refractivity contribution < 1.29 is 19.2 Å². The molecule has 1 saturated heterocycles. The van der Waals surface area contributed by atoms with Gasteiger partial charge in [0.05, 0.1) is 0 Å². The first-order chi connectivity index (χ1) is 6.65. The van der Waals surface area contributed by atoms with Gasteiger partial charge in [0.1, 0.15) is 0 Å². The van der Waals surface area contributed by atoms with E-state index in [9.17, 15) is 14.4 Å². The average Bonchev–Trinajstić information content (AvgIpc) is 2.46. The maximum atomic E-state index is 11.0. The molecule has 0 spiro atoms. The first kappa shape index (κ1) is 10.6. The Morgan fingerprint density at radius 1 is 1.36 bits per heavy atom. The highest BCUT2D eigenvalue weighted by Crippen LogP contribution is 2.12. The van der Waals surface area contributed by atoms with Crippen molar-refractivity contribution in [3.8, 4) is 0 Å². The molecule has 2 amide bonds. The molecule has 0 aromatic heterocycles. The molecular weight excluding hydrogens is 188 g/mol. The number of hydroxylamine groups is 2. The molecule has 0 radical (unpaired) electrons. The second-order valence-corrected chi connectivity index (χ2v) is 2.94. The number of nitrogens with two attached hydrogens (primary N) is 1. The van der Waals surface area contributed by atoms with E-state index in [2.05, 4.69) is 4.84 Å². The van der Waals surface area contributed by atoms with Gasteiger partial charge in [0.2, 0.25) is 0 Å². The fourth-order valence-corrected chi connectivity index (χ4v) is 1.05. The van der Waals surface area contributed by atoms with Crippen LogP contribution in [0.15, 0.2) is 0 Å². The zero-order valence-corrected chi connectivity index (χ0v) is 7.69. The van der Waals surface area contributed by atoms with E-state index in [0.717, 1.165) is 0 Å². The second kappa shape index (κ2) is 4.71. The molecule has 1 aliphatic rings. The van der Waals surface area contributed by atoms with Gasteiger partial charge < -0.3 is 10.6 Å². The van der Waals surface area contributed by atoms with E-state index in [0.29, 0.717) is 18.0 Å². The first-order valence-electron chi connectivity index (χ1n) is 4.42. The van der Waals surface area contributed by atoms with Gasteiger partial charge in [-0.25, -0.2) is 4.79 Å². The van der Waals surface area contributed by atoms with Gasteiger partial charge in [0, 0.05) is 19.3 Å². The predicted molar refractivity (Wildman–Crippen MR) is 45.5 cm³/mol. The Labute approximate surface area is 80.9 Å². The minimum atomic E-state index is -0.598. The molecular formula is C8H12N2O4. The number of carbonyl (C=O) groups excluding carboxylic acids is 3. The Kier molecular flexibility index (Phi) is 3.58. The van der Waals surface area contributed by atoms with Gasteiger partial charge in [-0.05, 0) is 13.0 Å². The third-order valence-electron chi connectivity index (χ3n) is 1.78. The molecule has 0 aliphatic carbocycles. The van der Waals surface area contributed by atoms with Crippen LogP contribution in [0.3, 0.4) is 0 Å². The standard InChI is InChI=1S/C8H12N2O4/c9-5-1-2-8(13)14-10-6(11)3-4-7(10)12/h1-5,9H2. The third-order valence-corrected chi connectivity index (χ3v) is 1.78. The quantitative estimate of drug-likeness (QED) is 0.608. The summed E-state index contributed by atoms with van der Waals surface area (Å²) < 4.78 is 0. The fraction of sp³-hybridized carbons (Fsp3) is 0.625. The number of hydrogen-bond donors (Lipinski definition) is 1. The van der Waals surface area contributed by atoms with E-state index in [-0.39, 0.29) is 19.3 Å². The molecule has 1 heterocycles. The van der Waals surface area contributed by atoms with Crippen molar-refractivity contribution in [1.82, 2.24) is 5.06 Å². The van der Waals surface area contributed by atoms with Crippen molar-refractivity contribution >= 4 is 17.8 Å². The molecule has 0 aromatic carbocycles. The van der Waals surface area contributed by atoms with Gasteiger partial charge in [-0.15, -0.1) is 5.06 Å². The van der Waals surface area contributed by atoms with Crippen LogP contribution >= 0.6 is 0 Å². The van der Waals surface area contributed by atoms with Crippen molar-refractivity contribution in [3.63, 3.8) is 0 Å². The minimum Gasteiger partial charge on any atom is -0.330 e. The molecule has 0 saturated carbocycles. The van der Waals surface area contributed by atoms with Crippen LogP contribution in [0.1, 0.15) is 25.7 Å². The van der Waals surface area contributed by atoms with Crippen LogP contribution in [0.25, 0.3) is 0 Å². The lowest BCUT2D eigenvalue weighted by atomic mass is 10.3. The van der Waals surface area contributed by atoms with E-state index in [4.69, 9.17) is 5.73 Å². The van der Waals surface area contributed by atoms with Crippen molar-refractivity contribution in [2.75, 3.05) is 6.54 Å². The van der Waals surface area contributed by atoms with Crippen LogP contribution in [-0.4, -0.2) is 29.4 Å². The summed E-state index contributed by atoms with van der Waals surface area (Å²) in [4.78, 5) is 37.6. The molecule has 1 fully saturated rings. The van der Waals surface area contributed by atoms with E-state index >= 15 is 0 Å². The number of rotatable bonds is 4. The fourth-order valence-electron chi connectivity index (χ4n) is 1.05. The summed E-state index contributed by atoms with van der Waals surface area (Å²) in [6, 6.07) is 0. The lowest BCUT2D eigenvalue weighted by Gasteiger charge is -2.11. The van der Waals surface area contributed by atoms with E-state index in [1.165, 1.54) is 0 Å². The molecule has 0 bridgehead atoms. The highest BCUT2D eigenvalue weighted by atomic mass is 16.7. The van der Waals surface area contributed by atoms with E-state index in [1.807, 2.05) is 0 Å². The number of imide groups is 1. The highest BCUT2D eigenvalue weighted by molar-refractivity contribution is 6.01. The molecule has 6 nitrogen and oxygen atoms in total. The minimum absolute atomic E-state index is 0.114. The molecule has 0 atom stereocenters. The van der Waals surface area contributed by atoms with Crippen LogP contribution in [0.4, 0.5) is 0 Å². The molecule has 1 aliphatic heterocycles. The van der Waals surface area contributed by atoms with E-state index < -0.39 is 17.8 Å². The molecule has 1 rings (SSSR count). The summed E-state index contributed by atoms with van der Waals surface area (Å²) in [7, 11) is 0. The number of amides is 2. The topological polar surface area (TPSA) is 89.7 Å². The molecule has 14 heavy (non-hydrogen) atoms. The lowest BCUT2D eigenvalue weighted by Crippen LogP contribution is -2.32. The second-order valence-electron chi connectivity index (χ2n) is 2.94. The summed E-state index contributed by atoms with van der Waals surface area (Å²) in [5, 5.41) is 0.541. The SMILES string of the molecule is NCCCC(=O)ON1C(=O)CCC1=O. The van der Waals surface area contributed by atoms with Crippen LogP contribution < -0.4 is 5.73 Å². The Morgan fingerprint density at radius 2 is 1.93 bits per heavy atom. The molecule has 0 aromatic rings. The normalized spacial score (nSPS) is 16.2. The Hall–Kier alpha value is -1.43. The van der Waals surface area contributed by atoms with Gasteiger partial charge >= 0.3 is 5.97 Å². The monoisotopic (exact) mass is 200 g/mol. The molecule has 78 valence electrons. The summed E-state index contributed by atoms with van der Waals surface area (Å²) in [6.45, 7) is 0.372. The Balaban J connectivity index is 2.39. The van der Waals surface area contributed by atoms with Crippen molar-refractivity contribution in [3.05, 3.63) is 0 Å². The lowest BCUT2D eigenvalue weighted by molar-refractivity contribution is -0.197. The average molecular weight is 200 g/mol. The van der Waals surface area contributed by atoms with Crippen molar-refractivity contribution in [2.24, 2.45) is 5.73 Å². The zero-order chi connectivity index (χ0) is 10.6. The highest BCUT2D eigenvalue weighted by Gasteiger charge is 2.32. The summed E-state index contributed by atoms with van der Waals surface area (Å²) in [5.41, 5.74) is 5.18. The van der Waals surface area contributed by atoms with E-state index in [1.54, 1.807) is 0 Å². The first-order valence-corrected chi connectivity index (χ1v) is 4.42. The third kappa shape index (κ3) is 2.53. The maximum Gasteiger partial charge on any atom is 0.333 e. The van der Waals surface area contributed by atoms with Crippen LogP contribution in [0.2, 0.25) is 0 Å². The van der Waals surface area contributed by atoms with Crippen molar-refractivity contribution in [1.29, 1.82) is 0 Å². The maximum absolute atomic E-state index is 11.0. The number of nitrogens with zero attached hydrogens (tertiary/aromatic N) is 1. The number of carbonyl (C=O) groups is 3. The smallest absolute Gasteiger partial charge is 0.330 e. The predicted octanol–water partition coefficient (Wildman–Crippen LogP) is -0.668. The molecule has 2 N–H and O–H groups in total. The van der Waals surface area contributed by atoms with Crippen molar-refractivity contribution in [2.45, 2.75) is 25.7 Å². The number of hydrogen-bond acceptors (Lipinski definition) is 5. The van der Waals surface area contributed by atoms with Crippen LogP contribution in [-0.2, 0) is 19.2 Å².